The highest BCUT2D eigenvalue weighted by molar-refractivity contribution is 5.77. The molecule has 2 heterocycles. The van der Waals surface area contributed by atoms with Crippen LogP contribution >= 0.6 is 0 Å². The fourth-order valence-electron chi connectivity index (χ4n) is 4.11. The van der Waals surface area contributed by atoms with Crippen LogP contribution < -0.4 is 0 Å². The quantitative estimate of drug-likeness (QED) is 0.527. The van der Waals surface area contributed by atoms with Gasteiger partial charge in [0.2, 0.25) is 5.91 Å². The molecule has 0 radical (unpaired) electrons. The Morgan fingerprint density at radius 3 is 2.48 bits per heavy atom. The van der Waals surface area contributed by atoms with Crippen molar-refractivity contribution >= 4 is 11.9 Å². The number of esters is 1. The van der Waals surface area contributed by atoms with Gasteiger partial charge in [-0.2, -0.15) is 0 Å². The van der Waals surface area contributed by atoms with Crippen LogP contribution in [0.3, 0.4) is 0 Å². The van der Waals surface area contributed by atoms with Gasteiger partial charge in [-0.15, -0.1) is 0 Å². The van der Waals surface area contributed by atoms with Crippen LogP contribution in [0.15, 0.2) is 12.4 Å². The second-order valence-electron chi connectivity index (χ2n) is 7.69. The zero-order valence-corrected chi connectivity index (χ0v) is 18.6. The molecule has 7 heteroatoms. The summed E-state index contributed by atoms with van der Waals surface area (Å²) in [6, 6.07) is 0.552. The highest BCUT2D eigenvalue weighted by atomic mass is 16.5. The number of carbonyl (C=O) groups excluding carboxylic acids is 2. The lowest BCUT2D eigenvalue weighted by Crippen LogP contribution is -2.47. The Balaban J connectivity index is 2.01. The van der Waals surface area contributed by atoms with E-state index in [4.69, 9.17) is 4.74 Å². The molecule has 0 bridgehead atoms. The summed E-state index contributed by atoms with van der Waals surface area (Å²) in [4.78, 5) is 34.0. The van der Waals surface area contributed by atoms with Crippen molar-refractivity contribution in [3.8, 4) is 0 Å². The van der Waals surface area contributed by atoms with Gasteiger partial charge in [-0.1, -0.05) is 27.2 Å². The highest BCUT2D eigenvalue weighted by Crippen LogP contribution is 2.24. The molecule has 1 aromatic rings. The molecule has 1 atom stereocenters. The summed E-state index contributed by atoms with van der Waals surface area (Å²) in [6.45, 7) is 12.8. The van der Waals surface area contributed by atoms with Crippen molar-refractivity contribution in [3.63, 3.8) is 0 Å². The van der Waals surface area contributed by atoms with Crippen molar-refractivity contribution in [2.24, 2.45) is 0 Å². The van der Waals surface area contributed by atoms with Crippen LogP contribution in [0.2, 0.25) is 0 Å². The molecule has 1 saturated heterocycles. The summed E-state index contributed by atoms with van der Waals surface area (Å²) < 4.78 is 7.66. The number of piperidine rings is 1. The van der Waals surface area contributed by atoms with Gasteiger partial charge in [-0.3, -0.25) is 9.59 Å². The molecular formula is C22H38N4O3. The topological polar surface area (TPSA) is 67.7 Å². The van der Waals surface area contributed by atoms with Gasteiger partial charge in [-0.25, -0.2) is 4.98 Å². The number of hydrogen-bond acceptors (Lipinski definition) is 5. The molecule has 1 aliphatic heterocycles. The predicted molar refractivity (Wildman–Crippen MR) is 113 cm³/mol. The molecule has 2 rings (SSSR count). The van der Waals surface area contributed by atoms with Crippen molar-refractivity contribution in [1.29, 1.82) is 0 Å². The van der Waals surface area contributed by atoms with E-state index in [-0.39, 0.29) is 18.3 Å². The predicted octanol–water partition coefficient (Wildman–Crippen LogP) is 3.40. The van der Waals surface area contributed by atoms with Gasteiger partial charge in [0.1, 0.15) is 0 Å². The second kappa shape index (κ2) is 12.0. The Bertz CT molecular complexity index is 634. The number of aryl methyl sites for hydroxylation is 1. The van der Waals surface area contributed by atoms with Gasteiger partial charge in [0, 0.05) is 44.5 Å². The monoisotopic (exact) mass is 406 g/mol. The first-order valence-corrected chi connectivity index (χ1v) is 11.3. The van der Waals surface area contributed by atoms with E-state index in [2.05, 4.69) is 23.7 Å². The number of hydrogen-bond donors (Lipinski definition) is 0. The van der Waals surface area contributed by atoms with Gasteiger partial charge in [0.15, 0.2) is 11.9 Å². The number of ether oxygens (including phenoxy) is 1. The van der Waals surface area contributed by atoms with Crippen molar-refractivity contribution in [2.45, 2.75) is 84.9 Å². The summed E-state index contributed by atoms with van der Waals surface area (Å²) in [5.74, 6) is 0.446. The average Bonchev–Trinajstić information content (AvgIpc) is 3.22. The summed E-state index contributed by atoms with van der Waals surface area (Å²) in [5.41, 5.74) is 0. The fourth-order valence-corrected chi connectivity index (χ4v) is 4.11. The van der Waals surface area contributed by atoms with E-state index in [0.717, 1.165) is 58.4 Å². The van der Waals surface area contributed by atoms with Crippen molar-refractivity contribution in [2.75, 3.05) is 26.2 Å². The lowest BCUT2D eigenvalue weighted by Gasteiger charge is -2.38. The Morgan fingerprint density at radius 2 is 1.90 bits per heavy atom. The molecule has 0 aromatic carbocycles. The van der Waals surface area contributed by atoms with Crippen LogP contribution in [0.5, 0.6) is 0 Å². The Hall–Kier alpha value is -1.89. The number of aromatic nitrogens is 2. The Labute approximate surface area is 175 Å². The van der Waals surface area contributed by atoms with E-state index < -0.39 is 6.10 Å². The lowest BCUT2D eigenvalue weighted by molar-refractivity contribution is -0.153. The van der Waals surface area contributed by atoms with Crippen LogP contribution in [0.25, 0.3) is 0 Å². The van der Waals surface area contributed by atoms with Crippen molar-refractivity contribution < 1.29 is 14.3 Å². The molecule has 1 fully saturated rings. The van der Waals surface area contributed by atoms with Crippen LogP contribution in [0.1, 0.15) is 78.1 Å². The third-order valence-corrected chi connectivity index (χ3v) is 5.89. The third kappa shape index (κ3) is 6.56. The SMILES string of the molecule is CCCCC(=O)O[C@@H](CC(=O)N1CCC(N(CC)CC)CC1)c1nccn1CC. The van der Waals surface area contributed by atoms with E-state index in [1.807, 2.05) is 29.5 Å². The number of likely N-dealkylation sites (tertiary alicyclic amines) is 1. The molecule has 0 saturated carbocycles. The maximum Gasteiger partial charge on any atom is 0.306 e. The van der Waals surface area contributed by atoms with Crippen molar-refractivity contribution in [3.05, 3.63) is 18.2 Å². The molecule has 1 aliphatic rings. The van der Waals surface area contributed by atoms with Gasteiger partial charge >= 0.3 is 5.97 Å². The lowest BCUT2D eigenvalue weighted by atomic mass is 10.0. The smallest absolute Gasteiger partial charge is 0.306 e. The van der Waals surface area contributed by atoms with E-state index >= 15 is 0 Å². The van der Waals surface area contributed by atoms with E-state index in [1.54, 1.807) is 6.20 Å². The largest absolute Gasteiger partial charge is 0.454 e. The van der Waals surface area contributed by atoms with Gasteiger partial charge in [-0.05, 0) is 39.3 Å². The first-order chi connectivity index (χ1) is 14.0. The summed E-state index contributed by atoms with van der Waals surface area (Å²) in [5, 5.41) is 0. The van der Waals surface area contributed by atoms with E-state index in [0.29, 0.717) is 18.3 Å². The number of unbranched alkanes of at least 4 members (excludes halogenated alkanes) is 1. The van der Waals surface area contributed by atoms with Gasteiger partial charge in [0.05, 0.1) is 6.42 Å². The number of nitrogens with zero attached hydrogens (tertiary/aromatic N) is 4. The molecule has 0 spiro atoms. The molecular weight excluding hydrogens is 368 g/mol. The van der Waals surface area contributed by atoms with Gasteiger partial charge in [0.25, 0.3) is 0 Å². The highest BCUT2D eigenvalue weighted by Gasteiger charge is 2.30. The second-order valence-corrected chi connectivity index (χ2v) is 7.69. The van der Waals surface area contributed by atoms with E-state index in [1.165, 1.54) is 0 Å². The van der Waals surface area contributed by atoms with E-state index in [9.17, 15) is 9.59 Å². The number of amides is 1. The van der Waals surface area contributed by atoms with Crippen LogP contribution in [0, 0.1) is 0 Å². The minimum atomic E-state index is -0.623. The van der Waals surface area contributed by atoms with Gasteiger partial charge < -0.3 is 19.1 Å². The zero-order chi connectivity index (χ0) is 21.2. The van der Waals surface area contributed by atoms with Crippen LogP contribution in [-0.2, 0) is 20.9 Å². The Kier molecular flexibility index (Phi) is 9.64. The molecule has 29 heavy (non-hydrogen) atoms. The van der Waals surface area contributed by atoms with Crippen LogP contribution in [0.4, 0.5) is 0 Å². The van der Waals surface area contributed by atoms with Crippen molar-refractivity contribution in [1.82, 2.24) is 19.4 Å². The molecule has 0 aliphatic carbocycles. The number of carbonyl (C=O) groups is 2. The maximum atomic E-state index is 13.0. The standard InChI is InChI=1S/C22H38N4O3/c1-5-9-10-21(28)29-19(22-23-13-16-25(22)8-4)17-20(27)26-14-11-18(12-15-26)24(6-2)7-3/h13,16,18-19H,5-12,14-15,17H2,1-4H3/t19-/m0/s1. The molecule has 0 unspecified atom stereocenters. The molecule has 1 amide bonds. The third-order valence-electron chi connectivity index (χ3n) is 5.89. The number of rotatable bonds is 11. The fraction of sp³-hybridized carbons (Fsp3) is 0.773. The normalized spacial score (nSPS) is 16.2. The summed E-state index contributed by atoms with van der Waals surface area (Å²) >= 11 is 0. The van der Waals surface area contributed by atoms with Crippen LogP contribution in [-0.4, -0.2) is 63.4 Å². The molecule has 1 aromatic heterocycles. The first-order valence-electron chi connectivity index (χ1n) is 11.3. The summed E-state index contributed by atoms with van der Waals surface area (Å²) in [6.07, 6.45) is 7.20. The minimum absolute atomic E-state index is 0.0435. The Morgan fingerprint density at radius 1 is 1.21 bits per heavy atom. The first kappa shape index (κ1) is 23.4. The minimum Gasteiger partial charge on any atom is -0.454 e. The summed E-state index contributed by atoms with van der Waals surface area (Å²) in [7, 11) is 0. The maximum absolute atomic E-state index is 13.0. The zero-order valence-electron chi connectivity index (χ0n) is 18.6. The molecule has 7 nitrogen and oxygen atoms in total. The average molecular weight is 407 g/mol. The number of imidazole rings is 1. The molecule has 0 N–H and O–H groups in total. The molecule has 164 valence electrons.